The van der Waals surface area contributed by atoms with Crippen molar-refractivity contribution in [2.24, 2.45) is 0 Å². The van der Waals surface area contributed by atoms with Gasteiger partial charge in [-0.05, 0) is 19.2 Å². The Bertz CT molecular complexity index is 336. The minimum atomic E-state index is -0.945. The first kappa shape index (κ1) is 10.5. The van der Waals surface area contributed by atoms with Crippen molar-refractivity contribution in [1.29, 1.82) is 0 Å². The summed E-state index contributed by atoms with van der Waals surface area (Å²) >= 11 is 0. The van der Waals surface area contributed by atoms with Gasteiger partial charge in [-0.15, -0.1) is 0 Å². The molecule has 0 atom stereocenters. The van der Waals surface area contributed by atoms with Crippen LogP contribution in [0.25, 0.3) is 0 Å². The zero-order chi connectivity index (χ0) is 10.6. The van der Waals surface area contributed by atoms with Crippen molar-refractivity contribution in [2.75, 3.05) is 14.2 Å². The molecular weight excluding hydrogens is 182 g/mol. The van der Waals surface area contributed by atoms with Crippen LogP contribution in [0.4, 0.5) is 0 Å². The fourth-order valence-corrected chi connectivity index (χ4v) is 1.21. The molecule has 4 heteroatoms. The van der Waals surface area contributed by atoms with Gasteiger partial charge >= 0.3 is 5.97 Å². The van der Waals surface area contributed by atoms with Crippen molar-refractivity contribution in [1.82, 2.24) is 5.32 Å². The minimum absolute atomic E-state index is 0.238. The first-order valence-electron chi connectivity index (χ1n) is 4.24. The Morgan fingerprint density at radius 2 is 2.29 bits per heavy atom. The lowest BCUT2D eigenvalue weighted by Gasteiger charge is -2.08. The van der Waals surface area contributed by atoms with Crippen LogP contribution in [-0.4, -0.2) is 25.2 Å². The maximum atomic E-state index is 10.7. The fraction of sp³-hybridized carbons (Fsp3) is 0.300. The van der Waals surface area contributed by atoms with Crippen LogP contribution in [-0.2, 0) is 6.54 Å². The van der Waals surface area contributed by atoms with Crippen LogP contribution >= 0.6 is 0 Å². The monoisotopic (exact) mass is 195 g/mol. The summed E-state index contributed by atoms with van der Waals surface area (Å²) in [7, 11) is 3.35. The summed E-state index contributed by atoms with van der Waals surface area (Å²) in [5.41, 5.74) is 1.18. The number of hydrogen-bond acceptors (Lipinski definition) is 3. The molecule has 2 N–H and O–H groups in total. The van der Waals surface area contributed by atoms with Gasteiger partial charge < -0.3 is 15.2 Å². The molecule has 0 aromatic heterocycles. The van der Waals surface area contributed by atoms with Crippen LogP contribution < -0.4 is 10.1 Å². The molecule has 0 spiro atoms. The van der Waals surface area contributed by atoms with Gasteiger partial charge in [0.05, 0.1) is 12.7 Å². The molecule has 0 fully saturated rings. The lowest BCUT2D eigenvalue weighted by atomic mass is 10.1. The lowest BCUT2D eigenvalue weighted by molar-refractivity contribution is 0.0696. The predicted molar refractivity (Wildman–Crippen MR) is 52.7 cm³/mol. The normalized spacial score (nSPS) is 9.86. The van der Waals surface area contributed by atoms with Gasteiger partial charge in [-0.3, -0.25) is 0 Å². The molecule has 0 radical (unpaired) electrons. The number of hydrogen-bond donors (Lipinski definition) is 2. The Morgan fingerprint density at radius 3 is 2.79 bits per heavy atom. The number of carboxylic acids is 1. The van der Waals surface area contributed by atoms with E-state index in [4.69, 9.17) is 9.84 Å². The van der Waals surface area contributed by atoms with Crippen molar-refractivity contribution in [3.8, 4) is 5.75 Å². The van der Waals surface area contributed by atoms with Crippen LogP contribution in [0.1, 0.15) is 15.9 Å². The summed E-state index contributed by atoms with van der Waals surface area (Å²) in [5, 5.41) is 11.7. The van der Waals surface area contributed by atoms with E-state index in [-0.39, 0.29) is 5.56 Å². The molecule has 1 aromatic carbocycles. The van der Waals surface area contributed by atoms with E-state index in [1.165, 1.54) is 13.2 Å². The van der Waals surface area contributed by atoms with Gasteiger partial charge in [0, 0.05) is 12.1 Å². The van der Waals surface area contributed by atoms with Crippen LogP contribution in [0.3, 0.4) is 0 Å². The highest BCUT2D eigenvalue weighted by Gasteiger charge is 2.07. The number of carboxylic acid groups (broad SMARTS) is 1. The van der Waals surface area contributed by atoms with Crippen molar-refractivity contribution < 1.29 is 14.6 Å². The predicted octanol–water partition coefficient (Wildman–Crippen LogP) is 1.11. The molecule has 76 valence electrons. The molecule has 0 aliphatic heterocycles. The van der Waals surface area contributed by atoms with Gasteiger partial charge in [-0.1, -0.05) is 6.07 Å². The maximum Gasteiger partial charge on any atom is 0.335 e. The molecule has 14 heavy (non-hydrogen) atoms. The summed E-state index contributed by atoms with van der Waals surface area (Å²) in [6.45, 7) is 0.656. The summed E-state index contributed by atoms with van der Waals surface area (Å²) in [6.07, 6.45) is 0. The van der Waals surface area contributed by atoms with Gasteiger partial charge in [-0.2, -0.15) is 0 Å². The summed E-state index contributed by atoms with van der Waals surface area (Å²) < 4.78 is 5.09. The number of rotatable bonds is 4. The van der Waals surface area contributed by atoms with Crippen molar-refractivity contribution in [3.05, 3.63) is 29.3 Å². The number of nitrogens with one attached hydrogen (secondary N) is 1. The van der Waals surface area contributed by atoms with E-state index in [1.807, 2.05) is 7.05 Å². The molecule has 0 unspecified atom stereocenters. The van der Waals surface area contributed by atoms with E-state index in [1.54, 1.807) is 12.1 Å². The first-order valence-corrected chi connectivity index (χ1v) is 4.24. The smallest absolute Gasteiger partial charge is 0.335 e. The number of methoxy groups -OCH3 is 1. The average Bonchev–Trinajstić information content (AvgIpc) is 2.18. The van der Waals surface area contributed by atoms with E-state index >= 15 is 0 Å². The SMILES string of the molecule is CNCc1ccc(C(=O)O)cc1OC. The molecular formula is C10H13NO3. The van der Waals surface area contributed by atoms with Crippen molar-refractivity contribution >= 4 is 5.97 Å². The van der Waals surface area contributed by atoms with Crippen LogP contribution in [0.15, 0.2) is 18.2 Å². The standard InChI is InChI=1S/C10H13NO3/c1-11-6-8-4-3-7(10(12)13)5-9(8)14-2/h3-5,11H,6H2,1-2H3,(H,12,13). The van der Waals surface area contributed by atoms with E-state index in [0.717, 1.165) is 5.56 Å². The zero-order valence-corrected chi connectivity index (χ0v) is 8.20. The van der Waals surface area contributed by atoms with E-state index in [2.05, 4.69) is 5.32 Å². The average molecular weight is 195 g/mol. The quantitative estimate of drug-likeness (QED) is 0.755. The van der Waals surface area contributed by atoms with Gasteiger partial charge in [0.2, 0.25) is 0 Å². The Morgan fingerprint density at radius 1 is 1.57 bits per heavy atom. The molecule has 4 nitrogen and oxygen atoms in total. The Kier molecular flexibility index (Phi) is 3.48. The summed E-state index contributed by atoms with van der Waals surface area (Å²) in [6, 6.07) is 4.84. The van der Waals surface area contributed by atoms with Gasteiger partial charge in [0.25, 0.3) is 0 Å². The largest absolute Gasteiger partial charge is 0.496 e. The third kappa shape index (κ3) is 2.23. The highest BCUT2D eigenvalue weighted by molar-refractivity contribution is 5.88. The minimum Gasteiger partial charge on any atom is -0.496 e. The highest BCUT2D eigenvalue weighted by Crippen LogP contribution is 2.19. The maximum absolute atomic E-state index is 10.7. The molecule has 0 saturated heterocycles. The molecule has 0 aliphatic rings. The molecule has 0 saturated carbocycles. The number of benzene rings is 1. The summed E-state index contributed by atoms with van der Waals surface area (Å²) in [5.74, 6) is -0.349. The fourth-order valence-electron chi connectivity index (χ4n) is 1.21. The third-order valence-corrected chi connectivity index (χ3v) is 1.90. The van der Waals surface area contributed by atoms with Crippen molar-refractivity contribution in [2.45, 2.75) is 6.54 Å². The Balaban J connectivity index is 3.04. The lowest BCUT2D eigenvalue weighted by Crippen LogP contribution is -2.07. The molecule has 0 heterocycles. The second-order valence-corrected chi connectivity index (χ2v) is 2.86. The molecule has 1 rings (SSSR count). The molecule has 1 aromatic rings. The van der Waals surface area contributed by atoms with Crippen LogP contribution in [0.2, 0.25) is 0 Å². The Labute approximate surface area is 82.5 Å². The second-order valence-electron chi connectivity index (χ2n) is 2.86. The summed E-state index contributed by atoms with van der Waals surface area (Å²) in [4.78, 5) is 10.7. The molecule has 0 amide bonds. The first-order chi connectivity index (χ1) is 6.69. The van der Waals surface area contributed by atoms with Crippen LogP contribution in [0.5, 0.6) is 5.75 Å². The van der Waals surface area contributed by atoms with E-state index in [9.17, 15) is 4.79 Å². The van der Waals surface area contributed by atoms with Crippen LogP contribution in [0, 0.1) is 0 Å². The van der Waals surface area contributed by atoms with Gasteiger partial charge in [0.1, 0.15) is 5.75 Å². The van der Waals surface area contributed by atoms with Crippen molar-refractivity contribution in [3.63, 3.8) is 0 Å². The number of carbonyl (C=O) groups is 1. The zero-order valence-electron chi connectivity index (χ0n) is 8.20. The van der Waals surface area contributed by atoms with Gasteiger partial charge in [0.15, 0.2) is 0 Å². The topological polar surface area (TPSA) is 58.6 Å². The molecule has 0 aliphatic carbocycles. The number of ether oxygens (including phenoxy) is 1. The van der Waals surface area contributed by atoms with E-state index in [0.29, 0.717) is 12.3 Å². The molecule has 0 bridgehead atoms. The van der Waals surface area contributed by atoms with Gasteiger partial charge in [-0.25, -0.2) is 4.79 Å². The Hall–Kier alpha value is -1.55. The second kappa shape index (κ2) is 4.62. The highest BCUT2D eigenvalue weighted by atomic mass is 16.5. The third-order valence-electron chi connectivity index (χ3n) is 1.90. The van der Waals surface area contributed by atoms with E-state index < -0.39 is 5.97 Å². The number of aromatic carboxylic acids is 1.